The van der Waals surface area contributed by atoms with Crippen molar-refractivity contribution in [1.29, 1.82) is 0 Å². The molecule has 2 aromatic heterocycles. The monoisotopic (exact) mass is 355 g/mol. The molecular formula is C14H17N3O4S2. The first-order valence-corrected chi connectivity index (χ1v) is 9.64. The molecule has 23 heavy (non-hydrogen) atoms. The third kappa shape index (κ3) is 3.17. The maximum Gasteiger partial charge on any atom is 0.226 e. The zero-order valence-electron chi connectivity index (χ0n) is 13.0. The number of hydrogen-bond acceptors (Lipinski definition) is 6. The molecule has 1 amide bonds. The molecule has 1 N–H and O–H groups in total. The van der Waals surface area contributed by atoms with Crippen molar-refractivity contribution < 1.29 is 17.6 Å². The van der Waals surface area contributed by atoms with Crippen LogP contribution in [0.4, 0.5) is 5.00 Å². The topological polar surface area (TPSA) is 92.5 Å². The number of amides is 1. The molecule has 0 aliphatic carbocycles. The molecule has 0 fully saturated rings. The minimum atomic E-state index is -3.27. The summed E-state index contributed by atoms with van der Waals surface area (Å²) in [4.78, 5) is 11.9. The Balaban J connectivity index is 1.89. The quantitative estimate of drug-likeness (QED) is 0.904. The van der Waals surface area contributed by atoms with Crippen LogP contribution in [0.3, 0.4) is 0 Å². The zero-order chi connectivity index (χ0) is 16.8. The van der Waals surface area contributed by atoms with Gasteiger partial charge in [-0.2, -0.15) is 8.68 Å². The second-order valence-corrected chi connectivity index (χ2v) is 8.50. The van der Waals surface area contributed by atoms with Crippen LogP contribution in [0, 0.1) is 6.92 Å². The number of furan rings is 1. The van der Waals surface area contributed by atoms with Crippen LogP contribution in [0.25, 0.3) is 0 Å². The number of aromatic nitrogens is 1. The summed E-state index contributed by atoms with van der Waals surface area (Å²) in [7, 11) is -1.77. The SMILES string of the molecule is Cc1nsc2c1[C@H](c1ccc(CN(C)S(C)(=O)=O)o1)CC(=O)N2. The summed E-state index contributed by atoms with van der Waals surface area (Å²) in [5.41, 5.74) is 1.85. The Kier molecular flexibility index (Phi) is 4.03. The van der Waals surface area contributed by atoms with Gasteiger partial charge in [0, 0.05) is 19.0 Å². The molecular weight excluding hydrogens is 338 g/mol. The van der Waals surface area contributed by atoms with Crippen LogP contribution in [-0.4, -0.2) is 36.3 Å². The van der Waals surface area contributed by atoms with Crippen molar-refractivity contribution in [2.75, 3.05) is 18.6 Å². The minimum Gasteiger partial charge on any atom is -0.464 e. The fourth-order valence-corrected chi connectivity index (χ4v) is 3.82. The second-order valence-electron chi connectivity index (χ2n) is 5.64. The normalized spacial score (nSPS) is 18.1. The molecule has 1 atom stereocenters. The molecule has 0 unspecified atom stereocenters. The second kappa shape index (κ2) is 5.73. The molecule has 0 aromatic carbocycles. The number of hydrogen-bond donors (Lipinski definition) is 1. The van der Waals surface area contributed by atoms with Gasteiger partial charge < -0.3 is 9.73 Å². The molecule has 3 heterocycles. The fourth-order valence-electron chi connectivity index (χ4n) is 2.59. The van der Waals surface area contributed by atoms with Gasteiger partial charge >= 0.3 is 0 Å². The summed E-state index contributed by atoms with van der Waals surface area (Å²) in [6.07, 6.45) is 1.44. The smallest absolute Gasteiger partial charge is 0.226 e. The Morgan fingerprint density at radius 1 is 1.48 bits per heavy atom. The van der Waals surface area contributed by atoms with Crippen molar-refractivity contribution in [3.8, 4) is 0 Å². The number of carbonyl (C=O) groups excluding carboxylic acids is 1. The van der Waals surface area contributed by atoms with E-state index in [2.05, 4.69) is 9.69 Å². The molecule has 1 aliphatic rings. The Labute approximate surface area is 138 Å². The first-order chi connectivity index (χ1) is 10.8. The average molecular weight is 355 g/mol. The molecule has 0 saturated carbocycles. The third-order valence-corrected chi connectivity index (χ3v) is 6.00. The van der Waals surface area contributed by atoms with Gasteiger partial charge in [-0.25, -0.2) is 8.42 Å². The fraction of sp³-hybridized carbons (Fsp3) is 0.429. The molecule has 3 rings (SSSR count). The highest BCUT2D eigenvalue weighted by atomic mass is 32.2. The maximum absolute atomic E-state index is 11.9. The van der Waals surface area contributed by atoms with E-state index in [0.29, 0.717) is 17.9 Å². The number of fused-ring (bicyclic) bond motifs is 1. The summed E-state index contributed by atoms with van der Waals surface area (Å²) in [5, 5.41) is 3.59. The summed E-state index contributed by atoms with van der Waals surface area (Å²) < 4.78 is 34.3. The van der Waals surface area contributed by atoms with Gasteiger partial charge in [0.2, 0.25) is 15.9 Å². The minimum absolute atomic E-state index is 0.0719. The number of carbonyl (C=O) groups is 1. The first kappa shape index (κ1) is 16.2. The van der Waals surface area contributed by atoms with Gasteiger partial charge in [0.05, 0.1) is 24.4 Å². The number of nitrogens with one attached hydrogen (secondary N) is 1. The molecule has 2 aromatic rings. The number of rotatable bonds is 4. The van der Waals surface area contributed by atoms with E-state index in [1.165, 1.54) is 22.9 Å². The van der Waals surface area contributed by atoms with Crippen LogP contribution in [-0.2, 0) is 21.4 Å². The van der Waals surface area contributed by atoms with E-state index in [1.54, 1.807) is 12.1 Å². The molecule has 1 aliphatic heterocycles. The average Bonchev–Trinajstić information content (AvgIpc) is 3.04. The van der Waals surface area contributed by atoms with Crippen molar-refractivity contribution in [3.05, 3.63) is 34.9 Å². The molecule has 9 heteroatoms. The van der Waals surface area contributed by atoms with E-state index in [0.717, 1.165) is 22.5 Å². The van der Waals surface area contributed by atoms with Gasteiger partial charge in [-0.05, 0) is 30.6 Å². The van der Waals surface area contributed by atoms with Gasteiger partial charge in [-0.1, -0.05) is 0 Å². The van der Waals surface area contributed by atoms with Crippen molar-refractivity contribution in [1.82, 2.24) is 8.68 Å². The molecule has 7 nitrogen and oxygen atoms in total. The van der Waals surface area contributed by atoms with E-state index in [-0.39, 0.29) is 18.4 Å². The van der Waals surface area contributed by atoms with Gasteiger partial charge in [-0.15, -0.1) is 0 Å². The number of nitrogens with zero attached hydrogens (tertiary/aromatic N) is 2. The van der Waals surface area contributed by atoms with Gasteiger partial charge in [0.25, 0.3) is 0 Å². The van der Waals surface area contributed by atoms with Crippen molar-refractivity contribution >= 4 is 32.5 Å². The largest absolute Gasteiger partial charge is 0.464 e. The predicted molar refractivity (Wildman–Crippen MR) is 87.0 cm³/mol. The summed E-state index contributed by atoms with van der Waals surface area (Å²) in [5.74, 6) is 0.940. The highest BCUT2D eigenvalue weighted by Gasteiger charge is 2.32. The van der Waals surface area contributed by atoms with Crippen LogP contribution < -0.4 is 5.32 Å². The number of aryl methyl sites for hydroxylation is 1. The van der Waals surface area contributed by atoms with Crippen molar-refractivity contribution in [2.45, 2.75) is 25.8 Å². The Hall–Kier alpha value is -1.71. The molecule has 0 saturated heterocycles. The third-order valence-electron chi connectivity index (χ3n) is 3.87. The first-order valence-electron chi connectivity index (χ1n) is 7.01. The lowest BCUT2D eigenvalue weighted by Crippen LogP contribution is -2.24. The van der Waals surface area contributed by atoms with E-state index >= 15 is 0 Å². The van der Waals surface area contributed by atoms with E-state index in [4.69, 9.17) is 4.42 Å². The zero-order valence-corrected chi connectivity index (χ0v) is 14.6. The summed E-state index contributed by atoms with van der Waals surface area (Å²) in [6.45, 7) is 2.06. The van der Waals surface area contributed by atoms with E-state index in [9.17, 15) is 13.2 Å². The lowest BCUT2D eigenvalue weighted by Gasteiger charge is -2.21. The standard InChI is InChI=1S/C14H17N3O4S2/c1-8-13-10(6-12(18)15-14(13)22-16-8)11-5-4-9(21-11)7-17(2)23(3,19)20/h4-5,10H,6-7H2,1-3H3,(H,15,18)/t10-/m0/s1. The lowest BCUT2D eigenvalue weighted by molar-refractivity contribution is -0.116. The van der Waals surface area contributed by atoms with Crippen molar-refractivity contribution in [3.63, 3.8) is 0 Å². The Bertz CT molecular complexity index is 853. The summed E-state index contributed by atoms with van der Waals surface area (Å²) in [6, 6.07) is 3.55. The van der Waals surface area contributed by atoms with Gasteiger partial charge in [0.15, 0.2) is 0 Å². The number of sulfonamides is 1. The van der Waals surface area contributed by atoms with E-state index < -0.39 is 10.0 Å². The van der Waals surface area contributed by atoms with Crippen LogP contribution in [0.15, 0.2) is 16.5 Å². The van der Waals surface area contributed by atoms with E-state index in [1.807, 2.05) is 6.92 Å². The number of anilines is 1. The summed E-state index contributed by atoms with van der Waals surface area (Å²) >= 11 is 1.26. The Morgan fingerprint density at radius 2 is 2.22 bits per heavy atom. The highest BCUT2D eigenvalue weighted by Crippen LogP contribution is 2.41. The molecule has 0 spiro atoms. The molecule has 124 valence electrons. The van der Waals surface area contributed by atoms with Crippen LogP contribution in [0.2, 0.25) is 0 Å². The van der Waals surface area contributed by atoms with Gasteiger partial charge in [-0.3, -0.25) is 4.79 Å². The van der Waals surface area contributed by atoms with Crippen molar-refractivity contribution in [2.24, 2.45) is 0 Å². The van der Waals surface area contributed by atoms with Crippen LogP contribution in [0.1, 0.15) is 35.1 Å². The highest BCUT2D eigenvalue weighted by molar-refractivity contribution is 7.88. The lowest BCUT2D eigenvalue weighted by atomic mass is 9.90. The molecule has 0 bridgehead atoms. The van der Waals surface area contributed by atoms with Crippen LogP contribution in [0.5, 0.6) is 0 Å². The maximum atomic E-state index is 11.9. The Morgan fingerprint density at radius 3 is 2.91 bits per heavy atom. The predicted octanol–water partition coefficient (Wildman–Crippen LogP) is 1.91. The van der Waals surface area contributed by atoms with Crippen LogP contribution >= 0.6 is 11.5 Å². The molecule has 0 radical (unpaired) electrons. The van der Waals surface area contributed by atoms with Gasteiger partial charge in [0.1, 0.15) is 16.5 Å².